The van der Waals surface area contributed by atoms with Crippen molar-refractivity contribution >= 4 is 35.0 Å². The number of nitrogens with one attached hydrogen (secondary N) is 1. The lowest BCUT2D eigenvalue weighted by Crippen LogP contribution is -2.60. The Morgan fingerprint density at radius 2 is 2.04 bits per heavy atom. The van der Waals surface area contributed by atoms with Crippen LogP contribution in [0.3, 0.4) is 0 Å². The standard InChI is InChI=1S/C20H25N5O2S/c1-5-24-16(13-10-11-13)22-23-19(24)28-12(2)17(26)25-15-9-7-6-8-14(15)21-18(27)20(25,3)4/h6-9,12-13H,5,10-11H2,1-4H3,(H,21,27)/t12-/m1/s1. The average Bonchev–Trinajstić information content (AvgIpc) is 3.43. The van der Waals surface area contributed by atoms with Gasteiger partial charge in [0.25, 0.3) is 0 Å². The Morgan fingerprint density at radius 3 is 2.71 bits per heavy atom. The van der Waals surface area contributed by atoms with Gasteiger partial charge in [-0.3, -0.25) is 14.5 Å². The van der Waals surface area contributed by atoms with Crippen molar-refractivity contribution in [3.8, 4) is 0 Å². The van der Waals surface area contributed by atoms with Gasteiger partial charge in [0.15, 0.2) is 5.16 Å². The zero-order valence-corrected chi connectivity index (χ0v) is 17.4. The van der Waals surface area contributed by atoms with Crippen LogP contribution in [0.25, 0.3) is 0 Å². The average molecular weight is 400 g/mol. The van der Waals surface area contributed by atoms with Crippen LogP contribution in [0, 0.1) is 0 Å². The van der Waals surface area contributed by atoms with E-state index in [1.165, 1.54) is 11.8 Å². The molecule has 0 saturated heterocycles. The van der Waals surface area contributed by atoms with Crippen molar-refractivity contribution in [2.45, 2.75) is 68.9 Å². The highest BCUT2D eigenvalue weighted by molar-refractivity contribution is 8.00. The number of thioether (sulfide) groups is 1. The third kappa shape index (κ3) is 3.09. The maximum absolute atomic E-state index is 13.4. The van der Waals surface area contributed by atoms with Gasteiger partial charge in [0.1, 0.15) is 11.4 Å². The third-order valence-electron chi connectivity index (χ3n) is 5.36. The minimum absolute atomic E-state index is 0.115. The summed E-state index contributed by atoms with van der Waals surface area (Å²) in [6.45, 7) is 8.26. The van der Waals surface area contributed by atoms with E-state index in [-0.39, 0.29) is 11.8 Å². The molecule has 2 aromatic rings. The molecule has 1 aromatic heterocycles. The van der Waals surface area contributed by atoms with Crippen LogP contribution in [0.1, 0.15) is 52.3 Å². The topological polar surface area (TPSA) is 80.1 Å². The Morgan fingerprint density at radius 1 is 1.32 bits per heavy atom. The number of amides is 2. The molecule has 2 heterocycles. The van der Waals surface area contributed by atoms with E-state index in [0.717, 1.165) is 36.1 Å². The molecule has 1 aromatic carbocycles. The molecule has 1 N–H and O–H groups in total. The van der Waals surface area contributed by atoms with Crippen molar-refractivity contribution in [2.75, 3.05) is 10.2 Å². The second-order valence-electron chi connectivity index (χ2n) is 7.82. The molecule has 0 bridgehead atoms. The van der Waals surface area contributed by atoms with Gasteiger partial charge in [-0.25, -0.2) is 0 Å². The monoisotopic (exact) mass is 399 g/mol. The number of fused-ring (bicyclic) bond motifs is 1. The largest absolute Gasteiger partial charge is 0.322 e. The summed E-state index contributed by atoms with van der Waals surface area (Å²) in [4.78, 5) is 27.7. The zero-order valence-electron chi connectivity index (χ0n) is 16.6. The summed E-state index contributed by atoms with van der Waals surface area (Å²) < 4.78 is 2.11. The van der Waals surface area contributed by atoms with Gasteiger partial charge >= 0.3 is 0 Å². The fourth-order valence-corrected chi connectivity index (χ4v) is 4.53. The summed E-state index contributed by atoms with van der Waals surface area (Å²) in [7, 11) is 0. The minimum Gasteiger partial charge on any atom is -0.322 e. The molecule has 1 aliphatic carbocycles. The van der Waals surface area contributed by atoms with Gasteiger partial charge in [-0.15, -0.1) is 10.2 Å². The quantitative estimate of drug-likeness (QED) is 0.779. The molecular weight excluding hydrogens is 374 g/mol. The first kappa shape index (κ1) is 19.0. The van der Waals surface area contributed by atoms with Crippen molar-refractivity contribution in [2.24, 2.45) is 0 Å². The minimum atomic E-state index is -0.974. The van der Waals surface area contributed by atoms with Crippen LogP contribution >= 0.6 is 11.8 Å². The molecule has 2 amide bonds. The van der Waals surface area contributed by atoms with E-state index in [4.69, 9.17) is 0 Å². The first-order chi connectivity index (χ1) is 13.3. The number of hydrogen-bond acceptors (Lipinski definition) is 5. The second kappa shape index (κ2) is 6.92. The molecule has 0 unspecified atom stereocenters. The Kier molecular flexibility index (Phi) is 4.69. The van der Waals surface area contributed by atoms with Crippen LogP contribution in [0.2, 0.25) is 0 Å². The number of carbonyl (C=O) groups is 2. The lowest BCUT2D eigenvalue weighted by Gasteiger charge is -2.43. The number of hydrogen-bond donors (Lipinski definition) is 1. The molecule has 4 rings (SSSR count). The highest BCUT2D eigenvalue weighted by Gasteiger charge is 2.45. The number of benzene rings is 1. The summed E-state index contributed by atoms with van der Waals surface area (Å²) in [5.74, 6) is 1.22. The first-order valence-corrected chi connectivity index (χ1v) is 10.6. The Hall–Kier alpha value is -2.35. The number of rotatable bonds is 5. The molecule has 1 atom stereocenters. The Labute approximate surface area is 168 Å². The van der Waals surface area contributed by atoms with Crippen molar-refractivity contribution in [1.82, 2.24) is 14.8 Å². The van der Waals surface area contributed by atoms with Crippen LogP contribution < -0.4 is 10.2 Å². The number of carbonyl (C=O) groups excluding carboxylic acids is 2. The molecule has 0 spiro atoms. The summed E-state index contributed by atoms with van der Waals surface area (Å²) in [6, 6.07) is 7.41. The Balaban J connectivity index is 1.62. The fraction of sp³-hybridized carbons (Fsp3) is 0.500. The number of anilines is 2. The van der Waals surface area contributed by atoms with Gasteiger partial charge in [0.2, 0.25) is 11.8 Å². The van der Waals surface area contributed by atoms with Gasteiger partial charge < -0.3 is 9.88 Å². The van der Waals surface area contributed by atoms with Gasteiger partial charge in [0.05, 0.1) is 16.6 Å². The normalized spacial score (nSPS) is 19.1. The molecule has 0 radical (unpaired) electrons. The summed E-state index contributed by atoms with van der Waals surface area (Å²) in [5, 5.41) is 11.9. The lowest BCUT2D eigenvalue weighted by molar-refractivity contribution is -0.126. The maximum Gasteiger partial charge on any atom is 0.250 e. The molecule has 7 nitrogen and oxygen atoms in total. The van der Waals surface area contributed by atoms with E-state index in [1.807, 2.05) is 31.2 Å². The van der Waals surface area contributed by atoms with E-state index in [0.29, 0.717) is 11.6 Å². The van der Waals surface area contributed by atoms with Crippen LogP contribution in [0.5, 0.6) is 0 Å². The van der Waals surface area contributed by atoms with E-state index < -0.39 is 10.8 Å². The van der Waals surface area contributed by atoms with E-state index >= 15 is 0 Å². The maximum atomic E-state index is 13.4. The zero-order chi connectivity index (χ0) is 20.1. The van der Waals surface area contributed by atoms with Crippen LogP contribution in [0.4, 0.5) is 11.4 Å². The highest BCUT2D eigenvalue weighted by atomic mass is 32.2. The van der Waals surface area contributed by atoms with E-state index in [2.05, 4.69) is 27.0 Å². The summed E-state index contributed by atoms with van der Waals surface area (Å²) >= 11 is 1.41. The van der Waals surface area contributed by atoms with Crippen molar-refractivity contribution in [1.29, 1.82) is 0 Å². The Bertz CT molecular complexity index is 934. The van der Waals surface area contributed by atoms with Crippen LogP contribution in [-0.4, -0.2) is 37.4 Å². The van der Waals surface area contributed by atoms with E-state index in [1.54, 1.807) is 18.7 Å². The first-order valence-electron chi connectivity index (χ1n) is 9.69. The highest BCUT2D eigenvalue weighted by Crippen LogP contribution is 2.41. The molecule has 1 aliphatic heterocycles. The molecular formula is C20H25N5O2S. The lowest BCUT2D eigenvalue weighted by atomic mass is 9.96. The van der Waals surface area contributed by atoms with E-state index in [9.17, 15) is 9.59 Å². The van der Waals surface area contributed by atoms with Crippen molar-refractivity contribution < 1.29 is 9.59 Å². The fourth-order valence-electron chi connectivity index (χ4n) is 3.56. The second-order valence-corrected chi connectivity index (χ2v) is 9.13. The van der Waals surface area contributed by atoms with Crippen molar-refractivity contribution in [3.63, 3.8) is 0 Å². The molecule has 1 fully saturated rings. The third-order valence-corrected chi connectivity index (χ3v) is 6.43. The summed E-state index contributed by atoms with van der Waals surface area (Å²) in [5.41, 5.74) is 0.406. The van der Waals surface area contributed by atoms with Gasteiger partial charge in [0, 0.05) is 12.5 Å². The molecule has 28 heavy (non-hydrogen) atoms. The van der Waals surface area contributed by atoms with Gasteiger partial charge in [-0.1, -0.05) is 23.9 Å². The number of aromatic nitrogens is 3. The van der Waals surface area contributed by atoms with Gasteiger partial charge in [-0.2, -0.15) is 0 Å². The summed E-state index contributed by atoms with van der Waals surface area (Å²) in [6.07, 6.45) is 2.32. The molecule has 2 aliphatic rings. The van der Waals surface area contributed by atoms with Crippen LogP contribution in [0.15, 0.2) is 29.4 Å². The predicted molar refractivity (Wildman–Crippen MR) is 110 cm³/mol. The smallest absolute Gasteiger partial charge is 0.250 e. The molecule has 8 heteroatoms. The molecule has 1 saturated carbocycles. The predicted octanol–water partition coefficient (Wildman–Crippen LogP) is 3.42. The van der Waals surface area contributed by atoms with Crippen LogP contribution in [-0.2, 0) is 16.1 Å². The van der Waals surface area contributed by atoms with Crippen molar-refractivity contribution in [3.05, 3.63) is 30.1 Å². The SMILES string of the molecule is CCn1c(S[C@H](C)C(=O)N2c3ccccc3NC(=O)C2(C)C)nnc1C1CC1. The molecule has 148 valence electrons. The number of para-hydroxylation sites is 2. The number of nitrogens with zero attached hydrogens (tertiary/aromatic N) is 4. The van der Waals surface area contributed by atoms with Gasteiger partial charge in [-0.05, 0) is 52.7 Å².